The molecular formula is C49H88N4O8. The van der Waals surface area contributed by atoms with Gasteiger partial charge in [-0.3, -0.25) is 9.69 Å². The Balaban J connectivity index is 1.90. The van der Waals surface area contributed by atoms with Crippen LogP contribution >= 0.6 is 0 Å². The third-order valence-electron chi connectivity index (χ3n) is 12.0. The van der Waals surface area contributed by atoms with Gasteiger partial charge in [-0.25, -0.2) is 9.59 Å². The highest BCUT2D eigenvalue weighted by Crippen LogP contribution is 2.25. The molecule has 1 aromatic carbocycles. The highest BCUT2D eigenvalue weighted by atomic mass is 16.6. The molecule has 5 atom stereocenters. The van der Waals surface area contributed by atoms with E-state index in [0.29, 0.717) is 19.5 Å². The number of unbranched alkanes of at least 4 members (excludes halogenated alkanes) is 26. The van der Waals surface area contributed by atoms with Gasteiger partial charge in [0.25, 0.3) is 0 Å². The Labute approximate surface area is 370 Å². The molecule has 1 saturated heterocycles. The number of amides is 4. The maximum Gasteiger partial charge on any atom is 0.407 e. The van der Waals surface area contributed by atoms with Crippen LogP contribution in [0.3, 0.4) is 0 Å². The van der Waals surface area contributed by atoms with Crippen molar-refractivity contribution in [2.75, 3.05) is 26.2 Å². The maximum absolute atomic E-state index is 13.9. The minimum absolute atomic E-state index is 0.0307. The normalized spacial score (nSPS) is 18.7. The van der Waals surface area contributed by atoms with Crippen molar-refractivity contribution in [3.05, 3.63) is 35.9 Å². The van der Waals surface area contributed by atoms with Gasteiger partial charge in [-0.1, -0.05) is 211 Å². The van der Waals surface area contributed by atoms with Gasteiger partial charge in [0.2, 0.25) is 5.91 Å². The first-order chi connectivity index (χ1) is 29.8. The van der Waals surface area contributed by atoms with Gasteiger partial charge < -0.3 is 40.7 Å². The number of benzene rings is 1. The Hall–Kier alpha value is -2.93. The van der Waals surface area contributed by atoms with Gasteiger partial charge in [-0.05, 0) is 18.4 Å². The molecule has 6 N–H and O–H groups in total. The van der Waals surface area contributed by atoms with E-state index < -0.39 is 61.8 Å². The van der Waals surface area contributed by atoms with Gasteiger partial charge in [0, 0.05) is 13.1 Å². The molecule has 1 fully saturated rings. The molecule has 1 aromatic rings. The monoisotopic (exact) mass is 861 g/mol. The number of ether oxygens (including phenoxy) is 2. The minimum atomic E-state index is -1.55. The van der Waals surface area contributed by atoms with Crippen molar-refractivity contribution in [3.8, 4) is 0 Å². The van der Waals surface area contributed by atoms with Crippen LogP contribution in [0.15, 0.2) is 30.3 Å². The zero-order chi connectivity index (χ0) is 44.2. The number of carbonyl (C=O) groups excluding carboxylic acids is 3. The molecule has 12 heteroatoms. The smallest absolute Gasteiger partial charge is 0.407 e. The SMILES string of the molecule is CCCCCCCCCCCCCCCCCCN(C(=O)NCCCCCCCCCCCCCC)[C@@H]1O[C@H](CO)[C@H](O)[C@H](O)[C@H]1NC(=O)CNC(=O)OCc1ccccc1. The molecule has 1 aliphatic heterocycles. The van der Waals surface area contributed by atoms with Gasteiger partial charge in [0.1, 0.15) is 37.5 Å². The third-order valence-corrected chi connectivity index (χ3v) is 12.0. The molecule has 352 valence electrons. The third kappa shape index (κ3) is 25.7. The van der Waals surface area contributed by atoms with Crippen LogP contribution in [-0.2, 0) is 20.9 Å². The van der Waals surface area contributed by atoms with Gasteiger partial charge in [-0.2, -0.15) is 0 Å². The number of aliphatic hydroxyl groups excluding tert-OH is 3. The largest absolute Gasteiger partial charge is 0.445 e. The second-order valence-electron chi connectivity index (χ2n) is 17.4. The molecule has 1 heterocycles. The summed E-state index contributed by atoms with van der Waals surface area (Å²) in [5, 5.41) is 40.3. The zero-order valence-corrected chi connectivity index (χ0v) is 38.4. The maximum atomic E-state index is 13.9. The fraction of sp³-hybridized carbons (Fsp3) is 0.816. The lowest BCUT2D eigenvalue weighted by Crippen LogP contribution is -2.70. The molecule has 0 aromatic heterocycles. The van der Waals surface area contributed by atoms with Crippen molar-refractivity contribution >= 4 is 18.0 Å². The predicted molar refractivity (Wildman–Crippen MR) is 245 cm³/mol. The number of urea groups is 1. The average molecular weight is 861 g/mol. The lowest BCUT2D eigenvalue weighted by Gasteiger charge is -2.46. The van der Waals surface area contributed by atoms with E-state index in [1.54, 1.807) is 0 Å². The summed E-state index contributed by atoms with van der Waals surface area (Å²) in [6.45, 7) is 4.25. The zero-order valence-electron chi connectivity index (χ0n) is 38.4. The van der Waals surface area contributed by atoms with Crippen molar-refractivity contribution in [3.63, 3.8) is 0 Å². The summed E-state index contributed by atoms with van der Waals surface area (Å²) >= 11 is 0. The number of alkyl carbamates (subject to hydrolysis) is 1. The highest BCUT2D eigenvalue weighted by molar-refractivity contribution is 5.82. The molecule has 0 aliphatic carbocycles. The number of hydrogen-bond acceptors (Lipinski definition) is 8. The summed E-state index contributed by atoms with van der Waals surface area (Å²) < 4.78 is 11.3. The van der Waals surface area contributed by atoms with Crippen LogP contribution in [0.5, 0.6) is 0 Å². The van der Waals surface area contributed by atoms with Crippen LogP contribution in [0.1, 0.15) is 199 Å². The van der Waals surface area contributed by atoms with E-state index in [-0.39, 0.29) is 6.61 Å². The van der Waals surface area contributed by atoms with E-state index in [0.717, 1.165) is 44.1 Å². The van der Waals surface area contributed by atoms with E-state index in [1.807, 2.05) is 30.3 Å². The Morgan fingerprint density at radius 3 is 1.56 bits per heavy atom. The van der Waals surface area contributed by atoms with Crippen molar-refractivity contribution in [2.45, 2.75) is 231 Å². The number of hydrogen-bond donors (Lipinski definition) is 6. The highest BCUT2D eigenvalue weighted by Gasteiger charge is 2.48. The first kappa shape index (κ1) is 54.2. The molecule has 2 rings (SSSR count). The molecular weight excluding hydrogens is 773 g/mol. The van der Waals surface area contributed by atoms with Crippen LogP contribution in [0.4, 0.5) is 9.59 Å². The molecule has 1 aliphatic rings. The van der Waals surface area contributed by atoms with Gasteiger partial charge >= 0.3 is 12.1 Å². The van der Waals surface area contributed by atoms with Crippen LogP contribution in [0.25, 0.3) is 0 Å². The van der Waals surface area contributed by atoms with E-state index in [2.05, 4.69) is 29.8 Å². The Bertz CT molecular complexity index is 1230. The number of carbonyl (C=O) groups is 3. The van der Waals surface area contributed by atoms with Gasteiger partial charge in [-0.15, -0.1) is 0 Å². The van der Waals surface area contributed by atoms with Crippen molar-refractivity contribution in [1.29, 1.82) is 0 Å². The average Bonchev–Trinajstić information content (AvgIpc) is 3.27. The molecule has 0 spiro atoms. The molecule has 0 unspecified atom stereocenters. The van der Waals surface area contributed by atoms with E-state index in [9.17, 15) is 29.7 Å². The lowest BCUT2D eigenvalue weighted by atomic mass is 9.95. The molecule has 0 radical (unpaired) electrons. The number of aliphatic hydroxyl groups is 3. The summed E-state index contributed by atoms with van der Waals surface area (Å²) in [7, 11) is 0. The molecule has 0 saturated carbocycles. The molecule has 12 nitrogen and oxygen atoms in total. The Morgan fingerprint density at radius 2 is 1.08 bits per heavy atom. The standard InChI is InChI=1S/C49H88N4O8/c1-3-5-7-9-11-13-15-17-18-19-20-22-24-26-28-33-37-53(48(58)50-36-32-27-25-23-21-16-14-12-10-8-6-4-2)47-44(46(57)45(56)42(39-54)61-47)52-43(55)38-51-49(59)60-40-41-34-30-29-31-35-41/h29-31,34-35,42,44-47,54,56-57H,3-28,32-33,36-40H2,1-2H3,(H,50,58)(H,51,59)(H,52,55)/t42-,44-,45+,46-,47-/m1/s1. The summed E-state index contributed by atoms with van der Waals surface area (Å²) in [4.78, 5) is 40.9. The van der Waals surface area contributed by atoms with Crippen LogP contribution < -0.4 is 16.0 Å². The first-order valence-electron chi connectivity index (χ1n) is 24.7. The second-order valence-corrected chi connectivity index (χ2v) is 17.4. The summed E-state index contributed by atoms with van der Waals surface area (Å²) in [6, 6.07) is 7.53. The van der Waals surface area contributed by atoms with E-state index in [1.165, 1.54) is 140 Å². The summed E-state index contributed by atoms with van der Waals surface area (Å²) in [5.74, 6) is -0.664. The quantitative estimate of drug-likeness (QED) is 0.0359. The first-order valence-corrected chi connectivity index (χ1v) is 24.7. The number of nitrogens with one attached hydrogen (secondary N) is 3. The summed E-state index contributed by atoms with van der Waals surface area (Å²) in [5.41, 5.74) is 0.793. The predicted octanol–water partition coefficient (Wildman–Crippen LogP) is 9.81. The minimum Gasteiger partial charge on any atom is -0.445 e. The number of rotatable bonds is 37. The molecule has 61 heavy (non-hydrogen) atoms. The fourth-order valence-corrected chi connectivity index (χ4v) is 8.12. The van der Waals surface area contributed by atoms with E-state index in [4.69, 9.17) is 9.47 Å². The van der Waals surface area contributed by atoms with Gasteiger partial charge in [0.15, 0.2) is 6.23 Å². The van der Waals surface area contributed by atoms with Crippen LogP contribution in [0.2, 0.25) is 0 Å². The van der Waals surface area contributed by atoms with Crippen molar-refractivity contribution in [1.82, 2.24) is 20.9 Å². The van der Waals surface area contributed by atoms with Crippen LogP contribution in [-0.4, -0.2) is 95.1 Å². The second kappa shape index (κ2) is 36.5. The van der Waals surface area contributed by atoms with Crippen LogP contribution in [0, 0.1) is 0 Å². The van der Waals surface area contributed by atoms with Crippen molar-refractivity contribution < 1.29 is 39.2 Å². The fourth-order valence-electron chi connectivity index (χ4n) is 8.12. The van der Waals surface area contributed by atoms with Gasteiger partial charge in [0.05, 0.1) is 6.61 Å². The molecule has 0 bridgehead atoms. The summed E-state index contributed by atoms with van der Waals surface area (Å²) in [6.07, 6.45) is 27.9. The van der Waals surface area contributed by atoms with E-state index >= 15 is 0 Å². The lowest BCUT2D eigenvalue weighted by molar-refractivity contribution is -0.224. The van der Waals surface area contributed by atoms with Crippen molar-refractivity contribution in [2.24, 2.45) is 0 Å². The number of nitrogens with zero attached hydrogens (tertiary/aromatic N) is 1. The topological polar surface area (TPSA) is 170 Å². The Kier molecular flexibility index (Phi) is 32.5. The Morgan fingerprint density at radius 1 is 0.623 bits per heavy atom. The molecule has 4 amide bonds.